The van der Waals surface area contributed by atoms with Gasteiger partial charge >= 0.3 is 0 Å². The molecule has 166 valence electrons. The minimum Gasteiger partial charge on any atom is -0.493 e. The number of rotatable bonds is 3. The second kappa shape index (κ2) is 12.2. The summed E-state index contributed by atoms with van der Waals surface area (Å²) in [5, 5.41) is 6.26. The zero-order valence-electron chi connectivity index (χ0n) is 20.0. The predicted octanol–water partition coefficient (Wildman–Crippen LogP) is 5.51. The third kappa shape index (κ3) is 6.77. The van der Waals surface area contributed by atoms with E-state index in [1.807, 2.05) is 27.7 Å². The molecule has 1 heterocycles. The van der Waals surface area contributed by atoms with E-state index in [0.29, 0.717) is 6.04 Å². The average Bonchev–Trinajstić information content (AvgIpc) is 2.72. The average molecular weight is 415 g/mol. The van der Waals surface area contributed by atoms with Crippen LogP contribution >= 0.6 is 0 Å². The van der Waals surface area contributed by atoms with Crippen LogP contribution in [0, 0.1) is 20.8 Å². The lowest BCUT2D eigenvalue weighted by Crippen LogP contribution is -2.27. The van der Waals surface area contributed by atoms with Gasteiger partial charge in [0, 0.05) is 18.7 Å². The Morgan fingerprint density at radius 3 is 2.03 bits per heavy atom. The molecule has 2 N–H and O–H groups in total. The highest BCUT2D eigenvalue weighted by molar-refractivity contribution is 5.90. The second-order valence-electron chi connectivity index (χ2n) is 7.29. The van der Waals surface area contributed by atoms with E-state index < -0.39 is 0 Å². The number of benzene rings is 2. The molecule has 5 nitrogen and oxygen atoms in total. The smallest absolute Gasteiger partial charge is 0.221 e. The topological polar surface area (TPSA) is 59.6 Å². The monoisotopic (exact) mass is 414 g/mol. The Morgan fingerprint density at radius 2 is 1.53 bits per heavy atom. The van der Waals surface area contributed by atoms with Crippen LogP contribution in [0.15, 0.2) is 24.3 Å². The fourth-order valence-corrected chi connectivity index (χ4v) is 3.64. The molecule has 0 saturated carbocycles. The van der Waals surface area contributed by atoms with Gasteiger partial charge in [0.15, 0.2) is 11.5 Å². The Kier molecular flexibility index (Phi) is 10.4. The molecule has 2 aromatic rings. The number of nitrogens with one attached hydrogen (secondary N) is 2. The van der Waals surface area contributed by atoms with E-state index in [9.17, 15) is 4.79 Å². The molecule has 30 heavy (non-hydrogen) atoms. The molecular formula is C25H38N2O3. The number of carbonyl (C=O) groups excluding carboxylic acids is 1. The molecule has 1 atom stereocenters. The van der Waals surface area contributed by atoms with Crippen LogP contribution in [0.4, 0.5) is 5.69 Å². The summed E-state index contributed by atoms with van der Waals surface area (Å²) in [5.74, 6) is 1.62. The van der Waals surface area contributed by atoms with E-state index in [2.05, 4.69) is 48.7 Å². The van der Waals surface area contributed by atoms with Gasteiger partial charge in [-0.05, 0) is 75.0 Å². The van der Waals surface area contributed by atoms with Gasteiger partial charge in [-0.3, -0.25) is 4.79 Å². The Labute approximate surface area is 182 Å². The summed E-state index contributed by atoms with van der Waals surface area (Å²) in [7, 11) is 3.35. The fourth-order valence-electron chi connectivity index (χ4n) is 3.64. The molecule has 0 saturated heterocycles. The molecule has 2 aromatic carbocycles. The molecule has 0 aromatic heterocycles. The Bertz CT molecular complexity index is 824. The third-order valence-corrected chi connectivity index (χ3v) is 4.93. The van der Waals surface area contributed by atoms with E-state index >= 15 is 0 Å². The second-order valence-corrected chi connectivity index (χ2v) is 7.29. The van der Waals surface area contributed by atoms with Gasteiger partial charge < -0.3 is 20.1 Å². The molecule has 0 radical (unpaired) electrons. The lowest BCUT2D eigenvalue weighted by Gasteiger charge is -2.25. The number of carbonyl (C=O) groups is 1. The molecule has 0 fully saturated rings. The van der Waals surface area contributed by atoms with Crippen LogP contribution in [-0.4, -0.2) is 26.7 Å². The maximum Gasteiger partial charge on any atom is 0.221 e. The summed E-state index contributed by atoms with van der Waals surface area (Å²) in [4.78, 5) is 10.9. The standard InChI is InChI=1S/C12H17NO2.C11H15NO.C2H6/c1-8-10-7-12(15-3)11(14-2)6-9(10)4-5-13-8;1-7-5-8(2)11(9(3)6-7)12-10(4)13;1-2/h6-8,13H,4-5H2,1-3H3;5-6H,1-4H3,(H,12,13);1-2H3. The first-order valence-corrected chi connectivity index (χ1v) is 10.6. The predicted molar refractivity (Wildman–Crippen MR) is 126 cm³/mol. The first kappa shape index (κ1) is 25.5. The molecule has 3 rings (SSSR count). The number of amides is 1. The largest absolute Gasteiger partial charge is 0.493 e. The van der Waals surface area contributed by atoms with Crippen molar-refractivity contribution in [2.24, 2.45) is 0 Å². The number of fused-ring (bicyclic) bond motifs is 1. The summed E-state index contributed by atoms with van der Waals surface area (Å²) in [6, 6.07) is 8.70. The number of aryl methyl sites for hydroxylation is 3. The lowest BCUT2D eigenvalue weighted by molar-refractivity contribution is -0.114. The van der Waals surface area contributed by atoms with Gasteiger partial charge in [0.1, 0.15) is 0 Å². The maximum absolute atomic E-state index is 10.9. The summed E-state index contributed by atoms with van der Waals surface area (Å²) in [6.07, 6.45) is 1.06. The first-order valence-electron chi connectivity index (χ1n) is 10.6. The number of methoxy groups -OCH3 is 2. The van der Waals surface area contributed by atoms with Crippen molar-refractivity contribution in [3.05, 3.63) is 52.1 Å². The number of hydrogen-bond acceptors (Lipinski definition) is 4. The number of hydrogen-bond donors (Lipinski definition) is 2. The maximum atomic E-state index is 10.9. The molecule has 1 aliphatic heterocycles. The van der Waals surface area contributed by atoms with Crippen molar-refractivity contribution in [3.8, 4) is 11.5 Å². The van der Waals surface area contributed by atoms with Crippen molar-refractivity contribution in [2.45, 2.75) is 60.9 Å². The zero-order chi connectivity index (χ0) is 22.8. The van der Waals surface area contributed by atoms with E-state index in [1.165, 1.54) is 23.6 Å². The molecule has 1 aliphatic rings. The van der Waals surface area contributed by atoms with Crippen molar-refractivity contribution in [1.82, 2.24) is 5.32 Å². The number of anilines is 1. The van der Waals surface area contributed by atoms with Crippen LogP contribution in [0.25, 0.3) is 0 Å². The van der Waals surface area contributed by atoms with Crippen LogP contribution in [0.2, 0.25) is 0 Å². The van der Waals surface area contributed by atoms with Gasteiger partial charge in [-0.1, -0.05) is 31.5 Å². The molecule has 0 aliphatic carbocycles. The molecule has 0 bridgehead atoms. The molecule has 1 unspecified atom stereocenters. The Morgan fingerprint density at radius 1 is 1.00 bits per heavy atom. The van der Waals surface area contributed by atoms with E-state index in [4.69, 9.17) is 9.47 Å². The van der Waals surface area contributed by atoms with Crippen LogP contribution in [0.5, 0.6) is 11.5 Å². The normalized spacial score (nSPS) is 14.2. The van der Waals surface area contributed by atoms with Gasteiger partial charge in [0.25, 0.3) is 0 Å². The summed E-state index contributed by atoms with van der Waals surface area (Å²) in [6.45, 7) is 14.8. The minimum atomic E-state index is -0.0185. The van der Waals surface area contributed by atoms with Crippen molar-refractivity contribution in [1.29, 1.82) is 0 Å². The van der Waals surface area contributed by atoms with Crippen LogP contribution < -0.4 is 20.1 Å². The van der Waals surface area contributed by atoms with E-state index in [1.54, 1.807) is 14.2 Å². The quantitative estimate of drug-likeness (QED) is 0.695. The van der Waals surface area contributed by atoms with Crippen molar-refractivity contribution in [3.63, 3.8) is 0 Å². The SMILES string of the molecule is CC.CC(=O)Nc1c(C)cc(C)cc1C.COc1cc2c(cc1OC)C(C)NCC2. The van der Waals surface area contributed by atoms with Gasteiger partial charge in [-0.2, -0.15) is 0 Å². The molecule has 0 spiro atoms. The Hall–Kier alpha value is -2.53. The van der Waals surface area contributed by atoms with Gasteiger partial charge in [0.2, 0.25) is 5.91 Å². The van der Waals surface area contributed by atoms with Crippen LogP contribution in [0.3, 0.4) is 0 Å². The molecule has 5 heteroatoms. The highest BCUT2D eigenvalue weighted by atomic mass is 16.5. The summed E-state index contributed by atoms with van der Waals surface area (Å²) < 4.78 is 10.6. The van der Waals surface area contributed by atoms with Crippen molar-refractivity contribution in [2.75, 3.05) is 26.1 Å². The minimum absolute atomic E-state index is 0.0185. The van der Waals surface area contributed by atoms with Gasteiger partial charge in [0.05, 0.1) is 14.2 Å². The van der Waals surface area contributed by atoms with E-state index in [-0.39, 0.29) is 5.91 Å². The fraction of sp³-hybridized carbons (Fsp3) is 0.480. The number of ether oxygens (including phenoxy) is 2. The van der Waals surface area contributed by atoms with E-state index in [0.717, 1.165) is 41.3 Å². The molecule has 1 amide bonds. The zero-order valence-corrected chi connectivity index (χ0v) is 20.0. The van der Waals surface area contributed by atoms with Gasteiger partial charge in [-0.15, -0.1) is 0 Å². The first-order chi connectivity index (χ1) is 14.3. The summed E-state index contributed by atoms with van der Waals surface area (Å²) >= 11 is 0. The third-order valence-electron chi connectivity index (χ3n) is 4.93. The highest BCUT2D eigenvalue weighted by Crippen LogP contribution is 2.34. The van der Waals surface area contributed by atoms with Crippen molar-refractivity contribution < 1.29 is 14.3 Å². The summed E-state index contributed by atoms with van der Waals surface area (Å²) in [5.41, 5.74) is 7.08. The molecular weight excluding hydrogens is 376 g/mol. The van der Waals surface area contributed by atoms with Gasteiger partial charge in [-0.25, -0.2) is 0 Å². The van der Waals surface area contributed by atoms with Crippen LogP contribution in [0.1, 0.15) is 61.6 Å². The highest BCUT2D eigenvalue weighted by Gasteiger charge is 2.18. The van der Waals surface area contributed by atoms with Crippen LogP contribution in [-0.2, 0) is 11.2 Å². The lowest BCUT2D eigenvalue weighted by atomic mass is 9.94. The van der Waals surface area contributed by atoms with Crippen molar-refractivity contribution >= 4 is 11.6 Å². The Balaban J connectivity index is 0.000000280.